The first kappa shape index (κ1) is 40.5. The quantitative estimate of drug-likeness (QED) is 0.0976. The first-order valence-electron chi connectivity index (χ1n) is 19.1. The number of hydrogen-bond donors (Lipinski definition) is 2. The van der Waals surface area contributed by atoms with E-state index in [0.29, 0.717) is 61.1 Å². The number of benzene rings is 3. The van der Waals surface area contributed by atoms with Crippen molar-refractivity contribution < 1.29 is 28.4 Å². The summed E-state index contributed by atoms with van der Waals surface area (Å²) in [5.74, 6) is 0.147. The maximum atomic E-state index is 13.8. The van der Waals surface area contributed by atoms with Crippen molar-refractivity contribution in [2.24, 2.45) is 5.41 Å². The molecule has 0 spiro atoms. The van der Waals surface area contributed by atoms with Crippen molar-refractivity contribution in [1.29, 1.82) is 0 Å². The van der Waals surface area contributed by atoms with E-state index in [9.17, 15) is 18.9 Å². The Labute approximate surface area is 322 Å². The van der Waals surface area contributed by atoms with E-state index in [1.165, 1.54) is 0 Å². The van der Waals surface area contributed by atoms with Gasteiger partial charge in [0.25, 0.3) is 5.91 Å². The molecule has 0 saturated heterocycles. The van der Waals surface area contributed by atoms with Crippen LogP contribution in [0.2, 0.25) is 0 Å². The van der Waals surface area contributed by atoms with E-state index in [1.807, 2.05) is 60.7 Å². The summed E-state index contributed by atoms with van der Waals surface area (Å²) in [5, 5.41) is 13.0. The minimum absolute atomic E-state index is 0.201. The van der Waals surface area contributed by atoms with E-state index in [0.717, 1.165) is 71.8 Å². The number of amides is 1. The van der Waals surface area contributed by atoms with E-state index < -0.39 is 22.2 Å². The summed E-state index contributed by atoms with van der Waals surface area (Å²) in [6.07, 6.45) is 8.37. The van der Waals surface area contributed by atoms with Gasteiger partial charge in [0.05, 0.1) is 28.6 Å². The van der Waals surface area contributed by atoms with Crippen molar-refractivity contribution in [3.63, 3.8) is 0 Å². The number of anilines is 2. The van der Waals surface area contributed by atoms with Crippen molar-refractivity contribution in [2.75, 3.05) is 43.1 Å². The van der Waals surface area contributed by atoms with Gasteiger partial charge in [0.1, 0.15) is 12.4 Å². The molecular weight excluding hydrogens is 699 g/mol. The summed E-state index contributed by atoms with van der Waals surface area (Å²) in [6, 6.07) is 23.3. The Hall–Kier alpha value is -4.67. The monoisotopic (exact) mass is 753 g/mol. The van der Waals surface area contributed by atoms with Crippen LogP contribution in [0, 0.1) is 12.3 Å². The molecule has 1 aromatic heterocycles. The highest BCUT2D eigenvalue weighted by atomic mass is 32.2. The molecule has 9 nitrogen and oxygen atoms in total. The van der Waals surface area contributed by atoms with Gasteiger partial charge in [-0.15, -0.1) is 0 Å². The summed E-state index contributed by atoms with van der Waals surface area (Å²) in [5.41, 5.74) is 6.21. The molecular formula is C44H55N3O6S. The molecule has 2 N–H and O–H groups in total. The topological polar surface area (TPSA) is 110 Å². The molecule has 10 heteroatoms. The van der Waals surface area contributed by atoms with Crippen LogP contribution in [0.4, 0.5) is 11.4 Å². The van der Waals surface area contributed by atoms with Crippen LogP contribution in [0.1, 0.15) is 76.6 Å². The summed E-state index contributed by atoms with van der Waals surface area (Å²) in [4.78, 5) is 28.7. The predicted molar refractivity (Wildman–Crippen MR) is 219 cm³/mol. The fraction of sp³-hybridized carbons (Fsp3) is 0.409. The minimum Gasteiger partial charge on any atom is -0.491 e. The zero-order valence-electron chi connectivity index (χ0n) is 32.4. The third kappa shape index (κ3) is 10.7. The summed E-state index contributed by atoms with van der Waals surface area (Å²) in [7, 11) is -1.22. The standard InChI is InChI=1S/C44H55N3O6S/c1-6-8-25-52-26-27-53-39-16-11-33(12-17-39)34-13-20-41-37(28-34)29-35(10-9-23-47(41)31-44(4,5)43(49)50)42(48)45-38-14-18-40(19-15-38)54(51)30-36-21-24-46(22-7-2)32(36)3/h11-21,24,28-29H,6-10,22-23,25-27,30-31H2,1-5H3,(H,45,48)(H,49,50)/b35-29+/t54-/m1/s1. The van der Waals surface area contributed by atoms with Gasteiger partial charge < -0.3 is 29.4 Å². The lowest BCUT2D eigenvalue weighted by atomic mass is 9.91. The molecule has 4 aromatic rings. The first-order valence-corrected chi connectivity index (χ1v) is 20.4. The lowest BCUT2D eigenvalue weighted by Gasteiger charge is -2.34. The van der Waals surface area contributed by atoms with Gasteiger partial charge in [0, 0.05) is 60.0 Å². The van der Waals surface area contributed by atoms with Gasteiger partial charge >= 0.3 is 5.97 Å². The second-order valence-electron chi connectivity index (χ2n) is 14.6. The lowest BCUT2D eigenvalue weighted by Crippen LogP contribution is -2.40. The van der Waals surface area contributed by atoms with Gasteiger partial charge in [0.2, 0.25) is 0 Å². The van der Waals surface area contributed by atoms with Crippen LogP contribution in [-0.2, 0) is 37.4 Å². The molecule has 3 aromatic carbocycles. The van der Waals surface area contributed by atoms with Gasteiger partial charge in [-0.2, -0.15) is 0 Å². The van der Waals surface area contributed by atoms with Crippen LogP contribution < -0.4 is 15.0 Å². The third-order valence-electron chi connectivity index (χ3n) is 9.83. The fourth-order valence-electron chi connectivity index (χ4n) is 6.54. The lowest BCUT2D eigenvalue weighted by molar-refractivity contribution is -0.146. The zero-order chi connectivity index (χ0) is 38.7. The van der Waals surface area contributed by atoms with Crippen LogP contribution >= 0.6 is 0 Å². The third-order valence-corrected chi connectivity index (χ3v) is 11.2. The van der Waals surface area contributed by atoms with Crippen LogP contribution in [-0.4, -0.2) is 58.7 Å². The molecule has 1 atom stereocenters. The highest BCUT2D eigenvalue weighted by molar-refractivity contribution is 7.84. The first-order chi connectivity index (χ1) is 26.0. The summed E-state index contributed by atoms with van der Waals surface area (Å²) in [6.45, 7) is 13.5. The number of nitrogens with one attached hydrogen (secondary N) is 1. The maximum absolute atomic E-state index is 13.8. The highest BCUT2D eigenvalue weighted by Crippen LogP contribution is 2.35. The van der Waals surface area contributed by atoms with E-state index >= 15 is 0 Å². The number of nitrogens with zero attached hydrogens (tertiary/aromatic N) is 2. The van der Waals surface area contributed by atoms with Crippen molar-refractivity contribution >= 4 is 40.1 Å². The van der Waals surface area contributed by atoms with E-state index in [-0.39, 0.29) is 5.91 Å². The van der Waals surface area contributed by atoms with Crippen molar-refractivity contribution in [1.82, 2.24) is 4.57 Å². The number of fused-ring (bicyclic) bond motifs is 1. The minimum atomic E-state index is -1.22. The Balaban J connectivity index is 1.34. The number of aryl methyl sites for hydroxylation is 1. The molecule has 54 heavy (non-hydrogen) atoms. The molecule has 5 rings (SSSR count). The number of unbranched alkanes of at least 4 members (excludes halogenated alkanes) is 1. The van der Waals surface area contributed by atoms with Crippen LogP contribution in [0.3, 0.4) is 0 Å². The van der Waals surface area contributed by atoms with Crippen molar-refractivity contribution in [3.8, 4) is 16.9 Å². The number of carboxylic acid groups (broad SMARTS) is 1. The molecule has 0 aliphatic carbocycles. The molecule has 0 fully saturated rings. The predicted octanol–water partition coefficient (Wildman–Crippen LogP) is 9.11. The largest absolute Gasteiger partial charge is 0.491 e. The summed E-state index contributed by atoms with van der Waals surface area (Å²) >= 11 is 0. The van der Waals surface area contributed by atoms with E-state index in [1.54, 1.807) is 26.0 Å². The smallest absolute Gasteiger partial charge is 0.310 e. The molecule has 1 amide bonds. The molecule has 1 aliphatic heterocycles. The van der Waals surface area contributed by atoms with Crippen molar-refractivity contribution in [3.05, 3.63) is 101 Å². The molecule has 1 aliphatic rings. The number of ether oxygens (including phenoxy) is 2. The van der Waals surface area contributed by atoms with Gasteiger partial charge in [-0.25, -0.2) is 0 Å². The van der Waals surface area contributed by atoms with Gasteiger partial charge in [0.15, 0.2) is 0 Å². The average Bonchev–Trinajstić information content (AvgIpc) is 3.49. The number of aromatic nitrogens is 1. The normalized spacial score (nSPS) is 14.7. The van der Waals surface area contributed by atoms with Crippen LogP contribution in [0.25, 0.3) is 17.2 Å². The Morgan fingerprint density at radius 3 is 2.37 bits per heavy atom. The maximum Gasteiger partial charge on any atom is 0.310 e. The second-order valence-corrected chi connectivity index (χ2v) is 16.0. The second kappa shape index (κ2) is 19.1. The number of carbonyl (C=O) groups is 2. The summed E-state index contributed by atoms with van der Waals surface area (Å²) < 4.78 is 26.9. The van der Waals surface area contributed by atoms with Gasteiger partial charge in [-0.3, -0.25) is 13.8 Å². The molecule has 0 radical (unpaired) electrons. The average molecular weight is 754 g/mol. The number of rotatable bonds is 18. The Kier molecular flexibility index (Phi) is 14.3. The fourth-order valence-corrected chi connectivity index (χ4v) is 7.73. The van der Waals surface area contributed by atoms with Gasteiger partial charge in [-0.05, 0) is 129 Å². The van der Waals surface area contributed by atoms with Crippen molar-refractivity contribution in [2.45, 2.75) is 83.9 Å². The Morgan fingerprint density at radius 2 is 1.67 bits per heavy atom. The van der Waals surface area contributed by atoms with E-state index in [4.69, 9.17) is 9.47 Å². The SMILES string of the molecule is CCCCOCCOc1ccc(-c2ccc3c(c2)/C=C(/C(=O)Nc2ccc([S@](=O)Cc4ccn(CCC)c4C)cc2)CCCN3CC(C)(C)C(=O)O)cc1. The molecule has 2 heterocycles. The molecule has 0 bridgehead atoms. The van der Waals surface area contributed by atoms with Gasteiger partial charge in [-0.1, -0.05) is 38.5 Å². The number of carboxylic acids is 1. The number of aliphatic carboxylic acids is 1. The Morgan fingerprint density at radius 1 is 0.926 bits per heavy atom. The zero-order valence-corrected chi connectivity index (χ0v) is 33.2. The Bertz CT molecular complexity index is 1930. The van der Waals surface area contributed by atoms with Crippen LogP contribution in [0.5, 0.6) is 5.75 Å². The number of carbonyl (C=O) groups excluding carboxylic acids is 1. The molecule has 288 valence electrons. The highest BCUT2D eigenvalue weighted by Gasteiger charge is 2.31. The van der Waals surface area contributed by atoms with E-state index in [2.05, 4.69) is 47.8 Å². The molecule has 0 unspecified atom stereocenters. The number of hydrogen-bond acceptors (Lipinski definition) is 6. The molecule has 0 saturated carbocycles. The van der Waals surface area contributed by atoms with Crippen LogP contribution in [0.15, 0.2) is 89.5 Å².